The summed E-state index contributed by atoms with van der Waals surface area (Å²) in [4.78, 5) is 4.24. The van der Waals surface area contributed by atoms with Crippen molar-refractivity contribution in [3.05, 3.63) is 0 Å². The maximum absolute atomic E-state index is 13.1. The van der Waals surface area contributed by atoms with Gasteiger partial charge in [-0.3, -0.25) is 9.80 Å². The molecule has 88 valence electrons. The lowest BCUT2D eigenvalue weighted by Gasteiger charge is -2.26. The van der Waals surface area contributed by atoms with Crippen molar-refractivity contribution in [3.63, 3.8) is 0 Å². The van der Waals surface area contributed by atoms with E-state index in [1.165, 1.54) is 0 Å². The predicted molar refractivity (Wildman–Crippen MR) is 56.3 cm³/mol. The Bertz CT molecular complexity index is 253. The molecule has 2 nitrogen and oxygen atoms in total. The Morgan fingerprint density at radius 3 is 2.33 bits per heavy atom. The van der Waals surface area contributed by atoms with Gasteiger partial charge in [-0.15, -0.1) is 0 Å². The molecule has 4 heteroatoms. The second-order valence-corrected chi connectivity index (χ2v) is 5.63. The van der Waals surface area contributed by atoms with Crippen molar-refractivity contribution in [1.29, 1.82) is 0 Å². The Balaban J connectivity index is 1.98. The van der Waals surface area contributed by atoms with Crippen LogP contribution in [0.5, 0.6) is 0 Å². The molecule has 0 aromatic carbocycles. The number of rotatable bonds is 1. The number of alkyl halides is 2. The molecule has 15 heavy (non-hydrogen) atoms. The zero-order valence-corrected chi connectivity index (χ0v) is 9.76. The first-order valence-corrected chi connectivity index (χ1v) is 5.63. The van der Waals surface area contributed by atoms with Gasteiger partial charge < -0.3 is 0 Å². The van der Waals surface area contributed by atoms with E-state index in [2.05, 4.69) is 25.8 Å². The Hall–Kier alpha value is -0.220. The van der Waals surface area contributed by atoms with E-state index >= 15 is 0 Å². The average Bonchev–Trinajstić information content (AvgIpc) is 2.54. The lowest BCUT2D eigenvalue weighted by Crippen LogP contribution is -2.36. The molecular weight excluding hydrogens is 198 g/mol. The number of likely N-dealkylation sites (N-methyl/N-ethyl adjacent to an activating group) is 1. The molecule has 0 N–H and O–H groups in total. The van der Waals surface area contributed by atoms with Gasteiger partial charge >= 0.3 is 0 Å². The van der Waals surface area contributed by atoms with Crippen LogP contribution < -0.4 is 0 Å². The molecule has 0 bridgehead atoms. The highest BCUT2D eigenvalue weighted by atomic mass is 19.3. The van der Waals surface area contributed by atoms with Gasteiger partial charge in [-0.25, -0.2) is 8.78 Å². The Labute approximate surface area is 90.2 Å². The van der Waals surface area contributed by atoms with Crippen LogP contribution in [-0.2, 0) is 0 Å². The molecule has 0 amide bonds. The van der Waals surface area contributed by atoms with E-state index in [0.717, 1.165) is 13.0 Å². The molecule has 1 atom stereocenters. The van der Waals surface area contributed by atoms with Crippen molar-refractivity contribution in [3.8, 4) is 0 Å². The van der Waals surface area contributed by atoms with Gasteiger partial charge in [0.25, 0.3) is 5.92 Å². The van der Waals surface area contributed by atoms with Crippen LogP contribution in [0.2, 0.25) is 0 Å². The van der Waals surface area contributed by atoms with Crippen molar-refractivity contribution in [2.45, 2.75) is 44.2 Å². The summed E-state index contributed by atoms with van der Waals surface area (Å²) in [5.41, 5.74) is 0.155. The molecule has 0 aromatic heterocycles. The molecule has 2 aliphatic rings. The Kier molecular flexibility index (Phi) is 2.54. The van der Waals surface area contributed by atoms with E-state index in [4.69, 9.17) is 0 Å². The fraction of sp³-hybridized carbons (Fsp3) is 1.00. The molecule has 2 aliphatic heterocycles. The van der Waals surface area contributed by atoms with E-state index in [9.17, 15) is 8.78 Å². The third kappa shape index (κ3) is 2.16. The molecule has 2 rings (SSSR count). The molecule has 0 saturated carbocycles. The summed E-state index contributed by atoms with van der Waals surface area (Å²) >= 11 is 0. The van der Waals surface area contributed by atoms with Crippen LogP contribution in [0.3, 0.4) is 0 Å². The highest BCUT2D eigenvalue weighted by Crippen LogP contribution is 2.35. The average molecular weight is 218 g/mol. The first-order valence-electron chi connectivity index (χ1n) is 5.63. The number of hydrogen-bond acceptors (Lipinski definition) is 2. The van der Waals surface area contributed by atoms with Crippen LogP contribution >= 0.6 is 0 Å². The zero-order chi connectivity index (χ0) is 11.3. The normalized spacial score (nSPS) is 36.2. The number of halogens is 2. The topological polar surface area (TPSA) is 6.48 Å². The van der Waals surface area contributed by atoms with E-state index in [1.807, 2.05) is 4.90 Å². The first-order chi connectivity index (χ1) is 6.80. The van der Waals surface area contributed by atoms with Gasteiger partial charge in [0.1, 0.15) is 0 Å². The molecule has 2 heterocycles. The number of nitrogens with zero attached hydrogens (tertiary/aromatic N) is 2. The van der Waals surface area contributed by atoms with Gasteiger partial charge in [-0.2, -0.15) is 0 Å². The summed E-state index contributed by atoms with van der Waals surface area (Å²) in [6.45, 7) is 5.80. The zero-order valence-electron chi connectivity index (χ0n) is 9.76. The lowest BCUT2D eigenvalue weighted by molar-refractivity contribution is 0.00806. The fourth-order valence-corrected chi connectivity index (χ4v) is 2.68. The van der Waals surface area contributed by atoms with Crippen LogP contribution in [0.25, 0.3) is 0 Å². The summed E-state index contributed by atoms with van der Waals surface area (Å²) in [6, 6.07) is 0.318. The minimum atomic E-state index is -2.45. The third-order valence-corrected chi connectivity index (χ3v) is 3.97. The summed E-state index contributed by atoms with van der Waals surface area (Å²) in [6.07, 6.45) is 1.03. The van der Waals surface area contributed by atoms with Gasteiger partial charge in [0, 0.05) is 31.1 Å². The minimum absolute atomic E-state index is 0.0354. The molecule has 2 saturated heterocycles. The lowest BCUT2D eigenvalue weighted by atomic mass is 10.00. The summed E-state index contributed by atoms with van der Waals surface area (Å²) in [5, 5.41) is 0. The van der Waals surface area contributed by atoms with Crippen LogP contribution in [-0.4, -0.2) is 54.0 Å². The largest absolute Gasteiger partial charge is 0.300 e. The van der Waals surface area contributed by atoms with E-state index in [0.29, 0.717) is 12.6 Å². The number of hydrogen-bond donors (Lipinski definition) is 0. The van der Waals surface area contributed by atoms with E-state index in [-0.39, 0.29) is 18.5 Å². The monoisotopic (exact) mass is 218 g/mol. The first kappa shape index (κ1) is 11.3. The van der Waals surface area contributed by atoms with E-state index < -0.39 is 5.92 Å². The van der Waals surface area contributed by atoms with Crippen molar-refractivity contribution < 1.29 is 8.78 Å². The molecular formula is C11H20F2N2. The smallest absolute Gasteiger partial charge is 0.261 e. The molecule has 0 aromatic rings. The number of likely N-dealkylation sites (tertiary alicyclic amines) is 2. The van der Waals surface area contributed by atoms with Gasteiger partial charge in [-0.1, -0.05) is 0 Å². The second kappa shape index (κ2) is 3.39. The summed E-state index contributed by atoms with van der Waals surface area (Å²) in [7, 11) is 2.08. The van der Waals surface area contributed by atoms with Crippen molar-refractivity contribution in [2.24, 2.45) is 0 Å². The Morgan fingerprint density at radius 1 is 1.27 bits per heavy atom. The minimum Gasteiger partial charge on any atom is -0.300 e. The fourth-order valence-electron chi connectivity index (χ4n) is 2.68. The third-order valence-electron chi connectivity index (χ3n) is 3.97. The molecule has 0 aliphatic carbocycles. The van der Waals surface area contributed by atoms with Crippen LogP contribution in [0.1, 0.15) is 26.7 Å². The molecule has 2 fully saturated rings. The van der Waals surface area contributed by atoms with Gasteiger partial charge in [0.15, 0.2) is 0 Å². The quantitative estimate of drug-likeness (QED) is 0.662. The standard InChI is InChI=1S/C11H20F2N2/c1-10(2)6-9(7-14(10)3)15-5-4-11(12,13)8-15/h9H,4-8H2,1-3H3/t9-/m0/s1. The van der Waals surface area contributed by atoms with Gasteiger partial charge in [-0.05, 0) is 27.3 Å². The second-order valence-electron chi connectivity index (χ2n) is 5.63. The highest BCUT2D eigenvalue weighted by molar-refractivity contribution is 4.98. The predicted octanol–water partition coefficient (Wildman–Crippen LogP) is 1.81. The van der Waals surface area contributed by atoms with E-state index in [1.54, 1.807) is 0 Å². The van der Waals surface area contributed by atoms with Crippen molar-refractivity contribution in [2.75, 3.05) is 26.7 Å². The maximum Gasteiger partial charge on any atom is 0.261 e. The molecule has 0 unspecified atom stereocenters. The SMILES string of the molecule is CN1C[C@@H](N2CCC(F)(F)C2)CC1(C)C. The van der Waals surface area contributed by atoms with Crippen LogP contribution in [0.4, 0.5) is 8.78 Å². The van der Waals surface area contributed by atoms with Crippen molar-refractivity contribution >= 4 is 0 Å². The van der Waals surface area contributed by atoms with Gasteiger partial charge in [0.05, 0.1) is 6.54 Å². The van der Waals surface area contributed by atoms with Crippen LogP contribution in [0, 0.1) is 0 Å². The molecule has 0 radical (unpaired) electrons. The maximum atomic E-state index is 13.1. The summed E-state index contributed by atoms with van der Waals surface area (Å²) < 4.78 is 26.2. The summed E-state index contributed by atoms with van der Waals surface area (Å²) in [5.74, 6) is -2.45. The Morgan fingerprint density at radius 2 is 1.93 bits per heavy atom. The van der Waals surface area contributed by atoms with Crippen LogP contribution in [0.15, 0.2) is 0 Å². The molecule has 0 spiro atoms. The van der Waals surface area contributed by atoms with Crippen molar-refractivity contribution in [1.82, 2.24) is 9.80 Å². The highest BCUT2D eigenvalue weighted by Gasteiger charge is 2.45. The van der Waals surface area contributed by atoms with Gasteiger partial charge in [0.2, 0.25) is 0 Å².